The largest absolute Gasteiger partial charge is 0.370 e. The summed E-state index contributed by atoms with van der Waals surface area (Å²) in [5.74, 6) is 0.368. The first-order chi connectivity index (χ1) is 10.5. The fourth-order valence-corrected chi connectivity index (χ4v) is 2.33. The zero-order valence-electron chi connectivity index (χ0n) is 13.4. The van der Waals surface area contributed by atoms with Crippen molar-refractivity contribution in [1.82, 2.24) is 4.90 Å². The predicted molar refractivity (Wildman–Crippen MR) is 87.9 cm³/mol. The normalized spacial score (nSPS) is 21.7. The van der Waals surface area contributed by atoms with Gasteiger partial charge in [0.2, 0.25) is 0 Å². The van der Waals surface area contributed by atoms with Crippen LogP contribution in [0.25, 0.3) is 0 Å². The van der Waals surface area contributed by atoms with Crippen LogP contribution in [0.4, 0.5) is 5.69 Å². The molecule has 0 aromatic heterocycles. The van der Waals surface area contributed by atoms with E-state index in [1.165, 1.54) is 5.56 Å². The number of nitrogens with two attached hydrogens (primary N) is 1. The van der Waals surface area contributed by atoms with Crippen molar-refractivity contribution >= 4 is 17.6 Å². The quantitative estimate of drug-likeness (QED) is 0.650. The molecule has 2 unspecified atom stereocenters. The van der Waals surface area contributed by atoms with Crippen LogP contribution in [-0.4, -0.2) is 49.6 Å². The van der Waals surface area contributed by atoms with Crippen molar-refractivity contribution in [3.05, 3.63) is 29.8 Å². The Morgan fingerprint density at radius 3 is 2.68 bits per heavy atom. The van der Waals surface area contributed by atoms with Crippen molar-refractivity contribution in [2.45, 2.75) is 32.0 Å². The molecule has 6 nitrogen and oxygen atoms in total. The molecule has 0 aliphatic carbocycles. The summed E-state index contributed by atoms with van der Waals surface area (Å²) in [7, 11) is 3.47. The van der Waals surface area contributed by atoms with E-state index in [4.69, 9.17) is 10.5 Å². The summed E-state index contributed by atoms with van der Waals surface area (Å²) < 4.78 is 5.72. The highest BCUT2D eigenvalue weighted by Crippen LogP contribution is 2.21. The predicted octanol–water partition coefficient (Wildman–Crippen LogP) is 1.36. The first-order valence-corrected chi connectivity index (χ1v) is 7.46. The highest BCUT2D eigenvalue weighted by Gasteiger charge is 2.31. The summed E-state index contributed by atoms with van der Waals surface area (Å²) in [4.78, 5) is 17.7. The minimum atomic E-state index is -0.346. The van der Waals surface area contributed by atoms with Crippen LogP contribution in [0.2, 0.25) is 0 Å². The molecule has 3 N–H and O–H groups in total. The Morgan fingerprint density at radius 1 is 1.36 bits per heavy atom. The van der Waals surface area contributed by atoms with Gasteiger partial charge in [-0.1, -0.05) is 17.7 Å². The summed E-state index contributed by atoms with van der Waals surface area (Å²) in [6, 6.07) is 7.92. The van der Waals surface area contributed by atoms with E-state index in [0.29, 0.717) is 12.5 Å². The SMILES string of the molecule is Cc1ccc(NC(N)=NCC2CCC(C(=O)N(C)C)O2)cc1. The number of likely N-dealkylation sites (N-methyl/N-ethyl adjacent to an activating group) is 1. The van der Waals surface area contributed by atoms with Crippen LogP contribution in [0.5, 0.6) is 0 Å². The molecule has 2 rings (SSSR count). The number of benzene rings is 1. The number of hydrogen-bond donors (Lipinski definition) is 2. The van der Waals surface area contributed by atoms with Crippen molar-refractivity contribution in [3.63, 3.8) is 0 Å². The Bertz CT molecular complexity index is 540. The zero-order valence-corrected chi connectivity index (χ0v) is 13.4. The van der Waals surface area contributed by atoms with Crippen LogP contribution < -0.4 is 11.1 Å². The number of guanidine groups is 1. The number of carbonyl (C=O) groups is 1. The number of ether oxygens (including phenoxy) is 1. The van der Waals surface area contributed by atoms with Gasteiger partial charge in [0.25, 0.3) is 5.91 Å². The van der Waals surface area contributed by atoms with Gasteiger partial charge in [0, 0.05) is 19.8 Å². The Hall–Kier alpha value is -2.08. The Balaban J connectivity index is 1.82. The molecule has 1 heterocycles. The van der Waals surface area contributed by atoms with Gasteiger partial charge in [-0.2, -0.15) is 0 Å². The maximum absolute atomic E-state index is 11.8. The number of anilines is 1. The molecule has 0 spiro atoms. The van der Waals surface area contributed by atoms with Gasteiger partial charge in [-0.05, 0) is 31.9 Å². The number of aliphatic imine (C=N–C) groups is 1. The minimum Gasteiger partial charge on any atom is -0.370 e. The fraction of sp³-hybridized carbons (Fsp3) is 0.500. The lowest BCUT2D eigenvalue weighted by Gasteiger charge is -2.16. The summed E-state index contributed by atoms with van der Waals surface area (Å²) in [6.07, 6.45) is 1.17. The van der Waals surface area contributed by atoms with E-state index in [9.17, 15) is 4.79 Å². The summed E-state index contributed by atoms with van der Waals surface area (Å²) in [5.41, 5.74) is 7.97. The lowest BCUT2D eigenvalue weighted by Crippen LogP contribution is -2.34. The van der Waals surface area contributed by atoms with Crippen molar-refractivity contribution in [1.29, 1.82) is 0 Å². The number of nitrogens with one attached hydrogen (secondary N) is 1. The molecule has 1 saturated heterocycles. The molecule has 1 aliphatic heterocycles. The van der Waals surface area contributed by atoms with Crippen molar-refractivity contribution in [2.24, 2.45) is 10.7 Å². The highest BCUT2D eigenvalue weighted by molar-refractivity contribution is 5.92. The van der Waals surface area contributed by atoms with Gasteiger partial charge in [0.05, 0.1) is 12.6 Å². The van der Waals surface area contributed by atoms with Crippen molar-refractivity contribution in [3.8, 4) is 0 Å². The van der Waals surface area contributed by atoms with Crippen molar-refractivity contribution < 1.29 is 9.53 Å². The third-order valence-corrected chi connectivity index (χ3v) is 3.61. The van der Waals surface area contributed by atoms with Gasteiger partial charge in [-0.15, -0.1) is 0 Å². The van der Waals surface area contributed by atoms with Gasteiger partial charge in [0.15, 0.2) is 5.96 Å². The number of aryl methyl sites for hydroxylation is 1. The molecule has 1 aliphatic rings. The second-order valence-corrected chi connectivity index (χ2v) is 5.77. The number of nitrogens with zero attached hydrogens (tertiary/aromatic N) is 2. The van der Waals surface area contributed by atoms with E-state index in [1.54, 1.807) is 19.0 Å². The minimum absolute atomic E-state index is 0.0113. The van der Waals surface area contributed by atoms with Crippen LogP contribution in [0.15, 0.2) is 29.3 Å². The van der Waals surface area contributed by atoms with E-state index >= 15 is 0 Å². The van der Waals surface area contributed by atoms with Gasteiger partial charge in [0.1, 0.15) is 6.10 Å². The molecule has 0 radical (unpaired) electrons. The monoisotopic (exact) mass is 304 g/mol. The summed E-state index contributed by atoms with van der Waals surface area (Å²) in [6.45, 7) is 2.49. The van der Waals surface area contributed by atoms with Gasteiger partial charge in [-0.3, -0.25) is 9.79 Å². The molecule has 22 heavy (non-hydrogen) atoms. The van der Waals surface area contributed by atoms with E-state index < -0.39 is 0 Å². The van der Waals surface area contributed by atoms with Gasteiger partial charge in [-0.25, -0.2) is 0 Å². The Kier molecular flexibility index (Phi) is 5.38. The smallest absolute Gasteiger partial charge is 0.251 e. The van der Waals surface area contributed by atoms with E-state index in [1.807, 2.05) is 31.2 Å². The Morgan fingerprint density at radius 2 is 2.05 bits per heavy atom. The van der Waals surface area contributed by atoms with E-state index in [2.05, 4.69) is 10.3 Å². The van der Waals surface area contributed by atoms with Gasteiger partial charge >= 0.3 is 0 Å². The number of hydrogen-bond acceptors (Lipinski definition) is 3. The van der Waals surface area contributed by atoms with Crippen LogP contribution in [-0.2, 0) is 9.53 Å². The maximum atomic E-state index is 11.8. The van der Waals surface area contributed by atoms with E-state index in [-0.39, 0.29) is 18.1 Å². The fourth-order valence-electron chi connectivity index (χ4n) is 2.33. The first-order valence-electron chi connectivity index (χ1n) is 7.46. The van der Waals surface area contributed by atoms with E-state index in [0.717, 1.165) is 18.5 Å². The van der Waals surface area contributed by atoms with Gasteiger partial charge < -0.3 is 20.7 Å². The molecule has 1 fully saturated rings. The summed E-state index contributed by atoms with van der Waals surface area (Å²) in [5, 5.41) is 3.04. The molecule has 0 bridgehead atoms. The molecule has 6 heteroatoms. The third kappa shape index (κ3) is 4.46. The molecule has 1 amide bonds. The number of carbonyl (C=O) groups excluding carboxylic acids is 1. The second kappa shape index (κ2) is 7.26. The first kappa shape index (κ1) is 16.3. The molecule has 0 saturated carbocycles. The third-order valence-electron chi connectivity index (χ3n) is 3.61. The summed E-state index contributed by atoms with van der Waals surface area (Å²) >= 11 is 0. The maximum Gasteiger partial charge on any atom is 0.251 e. The van der Waals surface area contributed by atoms with Crippen LogP contribution in [0.1, 0.15) is 18.4 Å². The molecular weight excluding hydrogens is 280 g/mol. The molecule has 1 aromatic rings. The second-order valence-electron chi connectivity index (χ2n) is 5.77. The van der Waals surface area contributed by atoms with Crippen LogP contribution in [0.3, 0.4) is 0 Å². The zero-order chi connectivity index (χ0) is 16.1. The molecule has 1 aromatic carbocycles. The molecular formula is C16H24N4O2. The van der Waals surface area contributed by atoms with Crippen LogP contribution in [0, 0.1) is 6.92 Å². The topological polar surface area (TPSA) is 79.9 Å². The molecule has 2 atom stereocenters. The average Bonchev–Trinajstić information content (AvgIpc) is 2.95. The van der Waals surface area contributed by atoms with Crippen LogP contribution >= 0.6 is 0 Å². The lowest BCUT2D eigenvalue weighted by atomic mass is 10.2. The highest BCUT2D eigenvalue weighted by atomic mass is 16.5. The standard InChI is InChI=1S/C16H24N4O2/c1-11-4-6-12(7-5-11)19-16(17)18-10-13-8-9-14(22-13)15(21)20(2)3/h4-7,13-14H,8-10H2,1-3H3,(H3,17,18,19). The Labute approximate surface area is 131 Å². The number of rotatable bonds is 4. The molecule has 120 valence electrons. The lowest BCUT2D eigenvalue weighted by molar-refractivity contribution is -0.140. The average molecular weight is 304 g/mol. The van der Waals surface area contributed by atoms with Crippen molar-refractivity contribution in [2.75, 3.05) is 26.0 Å². The number of amides is 1.